The van der Waals surface area contributed by atoms with E-state index in [1.807, 2.05) is 43.9 Å². The van der Waals surface area contributed by atoms with Crippen LogP contribution in [0.1, 0.15) is 29.8 Å². The Morgan fingerprint density at radius 1 is 1.33 bits per heavy atom. The molecule has 0 N–H and O–H groups in total. The summed E-state index contributed by atoms with van der Waals surface area (Å²) in [5.41, 5.74) is 1.78. The Hall–Kier alpha value is -0.870. The largest absolute Gasteiger partial charge is 0.377 e. The zero-order valence-electron chi connectivity index (χ0n) is 10.9. The van der Waals surface area contributed by atoms with Crippen LogP contribution in [0.25, 0.3) is 0 Å². The predicted octanol–water partition coefficient (Wildman–Crippen LogP) is 3.01. The third-order valence-corrected chi connectivity index (χ3v) is 3.81. The molecule has 98 valence electrons. The van der Waals surface area contributed by atoms with Crippen LogP contribution in [0, 0.1) is 6.92 Å². The Labute approximate surface area is 116 Å². The number of morpholine rings is 1. The number of hydrogen-bond acceptors (Lipinski definition) is 2. The first-order valence-electron chi connectivity index (χ1n) is 6.17. The molecule has 0 bridgehead atoms. The van der Waals surface area contributed by atoms with Crippen molar-refractivity contribution in [3.63, 3.8) is 0 Å². The van der Waals surface area contributed by atoms with E-state index in [0.717, 1.165) is 15.6 Å². The van der Waals surface area contributed by atoms with Crippen molar-refractivity contribution in [1.29, 1.82) is 0 Å². The molecule has 1 heterocycles. The number of carbonyl (C=O) groups is 1. The van der Waals surface area contributed by atoms with E-state index >= 15 is 0 Å². The molecule has 4 heteroatoms. The van der Waals surface area contributed by atoms with Gasteiger partial charge in [0.15, 0.2) is 0 Å². The van der Waals surface area contributed by atoms with Crippen LogP contribution in [0.2, 0.25) is 0 Å². The van der Waals surface area contributed by atoms with Gasteiger partial charge in [0, 0.05) is 10.0 Å². The number of halogens is 1. The molecule has 1 aromatic carbocycles. The van der Waals surface area contributed by atoms with Gasteiger partial charge in [-0.15, -0.1) is 0 Å². The quantitative estimate of drug-likeness (QED) is 0.798. The Bertz CT molecular complexity index is 451. The Morgan fingerprint density at radius 3 is 2.50 bits per heavy atom. The van der Waals surface area contributed by atoms with Gasteiger partial charge in [0.05, 0.1) is 25.3 Å². The van der Waals surface area contributed by atoms with E-state index in [4.69, 9.17) is 4.74 Å². The second-order valence-electron chi connectivity index (χ2n) is 4.91. The van der Waals surface area contributed by atoms with Crippen LogP contribution in [-0.2, 0) is 4.74 Å². The number of aryl methyl sites for hydroxylation is 1. The topological polar surface area (TPSA) is 29.5 Å². The summed E-state index contributed by atoms with van der Waals surface area (Å²) >= 11 is 3.42. The van der Waals surface area contributed by atoms with Crippen LogP contribution in [0.15, 0.2) is 22.7 Å². The van der Waals surface area contributed by atoms with E-state index in [1.165, 1.54) is 0 Å². The molecule has 1 saturated heterocycles. The molecule has 0 saturated carbocycles. The molecule has 18 heavy (non-hydrogen) atoms. The third-order valence-electron chi connectivity index (χ3n) is 3.32. The zero-order chi connectivity index (χ0) is 13.3. The zero-order valence-corrected chi connectivity index (χ0v) is 12.5. The van der Waals surface area contributed by atoms with Crippen molar-refractivity contribution in [2.45, 2.75) is 32.9 Å². The molecule has 1 amide bonds. The molecular formula is C14H18BrNO2. The summed E-state index contributed by atoms with van der Waals surface area (Å²) in [6, 6.07) is 6.03. The number of amides is 1. The minimum absolute atomic E-state index is 0.100. The summed E-state index contributed by atoms with van der Waals surface area (Å²) in [7, 11) is 0. The second kappa shape index (κ2) is 5.41. The lowest BCUT2D eigenvalue weighted by molar-refractivity contribution is -0.0249. The van der Waals surface area contributed by atoms with Crippen LogP contribution in [0.4, 0.5) is 0 Å². The van der Waals surface area contributed by atoms with Gasteiger partial charge in [-0.3, -0.25) is 4.79 Å². The van der Waals surface area contributed by atoms with E-state index in [1.54, 1.807) is 0 Å². The van der Waals surface area contributed by atoms with Gasteiger partial charge >= 0.3 is 0 Å². The van der Waals surface area contributed by atoms with Gasteiger partial charge in [-0.25, -0.2) is 0 Å². The highest BCUT2D eigenvalue weighted by Gasteiger charge is 2.30. The molecule has 0 spiro atoms. The maximum Gasteiger partial charge on any atom is 0.254 e. The van der Waals surface area contributed by atoms with Crippen molar-refractivity contribution in [1.82, 2.24) is 4.90 Å². The monoisotopic (exact) mass is 311 g/mol. The van der Waals surface area contributed by atoms with E-state index in [-0.39, 0.29) is 18.0 Å². The van der Waals surface area contributed by atoms with E-state index in [9.17, 15) is 4.79 Å². The number of hydrogen-bond donors (Lipinski definition) is 0. The number of rotatable bonds is 1. The molecule has 3 nitrogen and oxygen atoms in total. The van der Waals surface area contributed by atoms with Crippen LogP contribution < -0.4 is 0 Å². The van der Waals surface area contributed by atoms with Crippen molar-refractivity contribution in [3.05, 3.63) is 33.8 Å². The molecule has 0 aliphatic carbocycles. The number of nitrogens with zero attached hydrogens (tertiary/aromatic N) is 1. The lowest BCUT2D eigenvalue weighted by Crippen LogP contribution is -2.52. The highest BCUT2D eigenvalue weighted by atomic mass is 79.9. The van der Waals surface area contributed by atoms with E-state index in [2.05, 4.69) is 15.9 Å². The first-order valence-corrected chi connectivity index (χ1v) is 6.96. The molecule has 1 fully saturated rings. The average molecular weight is 312 g/mol. The van der Waals surface area contributed by atoms with Crippen molar-refractivity contribution >= 4 is 21.8 Å². The molecule has 1 aliphatic rings. The highest BCUT2D eigenvalue weighted by Crippen LogP contribution is 2.21. The van der Waals surface area contributed by atoms with Crippen molar-refractivity contribution in [3.8, 4) is 0 Å². The lowest BCUT2D eigenvalue weighted by atomic mass is 10.0. The van der Waals surface area contributed by atoms with E-state index in [0.29, 0.717) is 13.2 Å². The molecule has 2 atom stereocenters. The molecular weight excluding hydrogens is 294 g/mol. The lowest BCUT2D eigenvalue weighted by Gasteiger charge is -2.39. The Balaban J connectivity index is 2.29. The van der Waals surface area contributed by atoms with Crippen molar-refractivity contribution < 1.29 is 9.53 Å². The standard InChI is InChI=1S/C14H18BrNO2/c1-9-6-12(15)4-5-13(9)14(17)16-10(2)7-18-8-11(16)3/h4-6,10-11H,7-8H2,1-3H3. The molecule has 1 aliphatic heterocycles. The fourth-order valence-corrected chi connectivity index (χ4v) is 2.89. The van der Waals surface area contributed by atoms with Gasteiger partial charge in [-0.05, 0) is 44.5 Å². The molecule has 2 unspecified atom stereocenters. The number of benzene rings is 1. The van der Waals surface area contributed by atoms with Crippen LogP contribution in [0.5, 0.6) is 0 Å². The van der Waals surface area contributed by atoms with Gasteiger partial charge in [0.25, 0.3) is 5.91 Å². The fourth-order valence-electron chi connectivity index (χ4n) is 2.41. The minimum atomic E-state index is 0.100. The Morgan fingerprint density at radius 2 is 1.94 bits per heavy atom. The SMILES string of the molecule is Cc1cc(Br)ccc1C(=O)N1C(C)COCC1C. The Kier molecular flexibility index (Phi) is 4.07. The summed E-state index contributed by atoms with van der Waals surface area (Å²) < 4.78 is 6.46. The average Bonchev–Trinajstić information content (AvgIpc) is 2.28. The molecule has 2 rings (SSSR count). The van der Waals surface area contributed by atoms with Crippen molar-refractivity contribution in [2.24, 2.45) is 0 Å². The summed E-state index contributed by atoms with van der Waals surface area (Å²) in [5, 5.41) is 0. The smallest absolute Gasteiger partial charge is 0.254 e. The fraction of sp³-hybridized carbons (Fsp3) is 0.500. The van der Waals surface area contributed by atoms with Gasteiger partial charge in [-0.1, -0.05) is 15.9 Å². The normalized spacial score (nSPS) is 24.1. The number of ether oxygens (including phenoxy) is 1. The molecule has 1 aromatic rings. The van der Waals surface area contributed by atoms with Crippen LogP contribution in [0.3, 0.4) is 0 Å². The summed E-state index contributed by atoms with van der Waals surface area (Å²) in [5.74, 6) is 0.100. The predicted molar refractivity (Wildman–Crippen MR) is 74.8 cm³/mol. The molecule has 0 aromatic heterocycles. The van der Waals surface area contributed by atoms with Crippen LogP contribution >= 0.6 is 15.9 Å². The van der Waals surface area contributed by atoms with E-state index < -0.39 is 0 Å². The molecule has 0 radical (unpaired) electrons. The first kappa shape index (κ1) is 13.6. The first-order chi connectivity index (χ1) is 8.50. The van der Waals surface area contributed by atoms with Gasteiger partial charge < -0.3 is 9.64 Å². The van der Waals surface area contributed by atoms with Crippen LogP contribution in [-0.4, -0.2) is 36.1 Å². The highest BCUT2D eigenvalue weighted by molar-refractivity contribution is 9.10. The maximum absolute atomic E-state index is 12.6. The minimum Gasteiger partial charge on any atom is -0.377 e. The van der Waals surface area contributed by atoms with Gasteiger partial charge in [-0.2, -0.15) is 0 Å². The van der Waals surface area contributed by atoms with Crippen molar-refractivity contribution in [2.75, 3.05) is 13.2 Å². The maximum atomic E-state index is 12.6. The summed E-state index contributed by atoms with van der Waals surface area (Å²) in [4.78, 5) is 14.5. The summed E-state index contributed by atoms with van der Waals surface area (Å²) in [6.45, 7) is 7.26. The van der Waals surface area contributed by atoms with Gasteiger partial charge in [0.1, 0.15) is 0 Å². The van der Waals surface area contributed by atoms with Gasteiger partial charge in [0.2, 0.25) is 0 Å². The second-order valence-corrected chi connectivity index (χ2v) is 5.82. The third kappa shape index (κ3) is 2.59. The number of carbonyl (C=O) groups excluding carboxylic acids is 1. The summed E-state index contributed by atoms with van der Waals surface area (Å²) in [6.07, 6.45) is 0.